The Morgan fingerprint density at radius 2 is 1.81 bits per heavy atom. The first-order valence-corrected chi connectivity index (χ1v) is 13.2. The standard InChI is InChI=1S/C29H28N6O8/c1-16(13-31-25-24(33-15-34-35-25)32-14-19-5-3-2-4-6-19)20-21(36)29(41)22(42-20)23(29)43-28(26(37)38,27(39)40)11-17-7-9-18(12-30)10-8-17/h2-10,13,15,20-23,36,41H,11,14H2,1H3,(H,31,35)(H,37,38)(H,39,40)(H,32,33,34)/b16-13+/t20-,21-,22+,23?,29-/m0/s1. The maximum Gasteiger partial charge on any atom is 0.348 e. The lowest BCUT2D eigenvalue weighted by molar-refractivity contribution is -0.194. The minimum absolute atomic E-state index is 0.280. The van der Waals surface area contributed by atoms with E-state index in [0.29, 0.717) is 29.3 Å². The molecule has 14 heteroatoms. The fourth-order valence-electron chi connectivity index (χ4n) is 4.97. The number of hydrogen-bond acceptors (Lipinski definition) is 12. The monoisotopic (exact) mass is 588 g/mol. The first kappa shape index (κ1) is 29.5. The van der Waals surface area contributed by atoms with Gasteiger partial charge in [-0.1, -0.05) is 42.5 Å². The van der Waals surface area contributed by atoms with Crippen LogP contribution < -0.4 is 10.6 Å². The summed E-state index contributed by atoms with van der Waals surface area (Å²) in [5.41, 5.74) is -2.77. The molecule has 0 bridgehead atoms. The molecule has 0 radical (unpaired) electrons. The second kappa shape index (κ2) is 11.7. The number of aliphatic carboxylic acids is 2. The predicted octanol–water partition coefficient (Wildman–Crippen LogP) is 1.08. The van der Waals surface area contributed by atoms with Crippen LogP contribution in [0.15, 0.2) is 72.7 Å². The smallest absolute Gasteiger partial charge is 0.348 e. The van der Waals surface area contributed by atoms with E-state index in [0.717, 1.165) is 5.56 Å². The normalized spacial score (nSPS) is 24.5. The van der Waals surface area contributed by atoms with Gasteiger partial charge in [0.1, 0.15) is 30.7 Å². The third kappa shape index (κ3) is 5.62. The molecule has 1 aromatic heterocycles. The van der Waals surface area contributed by atoms with E-state index in [4.69, 9.17) is 14.7 Å². The SMILES string of the molecule is C/C(=C\Nc1nncnc1NCc1ccccc1)[C@@H]1O[C@@H]2C(OC(Cc3ccc(C#N)cc3)(C(=O)O)C(=O)O)[C@]2(O)[C@H]1O. The Morgan fingerprint density at radius 3 is 2.42 bits per heavy atom. The second-order valence-electron chi connectivity index (χ2n) is 10.3. The van der Waals surface area contributed by atoms with Crippen LogP contribution in [0.1, 0.15) is 23.6 Å². The average molecular weight is 589 g/mol. The number of anilines is 2. The highest BCUT2D eigenvalue weighted by Gasteiger charge is 2.79. The Morgan fingerprint density at radius 1 is 1.12 bits per heavy atom. The van der Waals surface area contributed by atoms with Crippen molar-refractivity contribution in [2.24, 2.45) is 0 Å². The molecule has 0 amide bonds. The van der Waals surface area contributed by atoms with E-state index >= 15 is 0 Å². The molecule has 3 aromatic rings. The van der Waals surface area contributed by atoms with Gasteiger partial charge in [0, 0.05) is 19.2 Å². The van der Waals surface area contributed by atoms with Crippen molar-refractivity contribution in [1.82, 2.24) is 15.2 Å². The third-order valence-electron chi connectivity index (χ3n) is 7.50. The molecule has 6 N–H and O–H groups in total. The zero-order valence-electron chi connectivity index (χ0n) is 22.8. The number of aliphatic hydroxyl groups excluding tert-OH is 1. The van der Waals surface area contributed by atoms with Gasteiger partial charge in [-0.05, 0) is 35.8 Å². The van der Waals surface area contributed by atoms with Gasteiger partial charge in [-0.25, -0.2) is 14.6 Å². The van der Waals surface area contributed by atoms with E-state index in [1.54, 1.807) is 6.92 Å². The minimum Gasteiger partial charge on any atom is -0.479 e. The molecule has 14 nitrogen and oxygen atoms in total. The quantitative estimate of drug-likeness (QED) is 0.163. The van der Waals surface area contributed by atoms with Crippen LogP contribution in [0.2, 0.25) is 0 Å². The number of rotatable bonds is 12. The highest BCUT2D eigenvalue weighted by molar-refractivity contribution is 6.02. The van der Waals surface area contributed by atoms with Gasteiger partial charge < -0.3 is 40.5 Å². The van der Waals surface area contributed by atoms with Crippen LogP contribution in [-0.2, 0) is 32.0 Å². The second-order valence-corrected chi connectivity index (χ2v) is 10.3. The van der Waals surface area contributed by atoms with Gasteiger partial charge >= 0.3 is 11.9 Å². The number of aliphatic hydroxyl groups is 2. The number of aromatic nitrogens is 3. The summed E-state index contributed by atoms with van der Waals surface area (Å²) in [6.07, 6.45) is -3.00. The fraction of sp³-hybridized carbons (Fsp3) is 0.310. The number of benzene rings is 2. The van der Waals surface area contributed by atoms with E-state index in [1.807, 2.05) is 36.4 Å². The summed E-state index contributed by atoms with van der Waals surface area (Å²) < 4.78 is 11.4. The number of hydrogen-bond donors (Lipinski definition) is 6. The topological polar surface area (TPSA) is 220 Å². The highest BCUT2D eigenvalue weighted by atomic mass is 16.6. The van der Waals surface area contributed by atoms with Crippen LogP contribution >= 0.6 is 0 Å². The Hall–Kier alpha value is -4.94. The largest absolute Gasteiger partial charge is 0.479 e. The molecule has 2 fully saturated rings. The lowest BCUT2D eigenvalue weighted by atomic mass is 9.93. The van der Waals surface area contributed by atoms with Crippen molar-refractivity contribution in [3.8, 4) is 6.07 Å². The molecule has 5 atom stereocenters. The molecule has 5 rings (SSSR count). The highest BCUT2D eigenvalue weighted by Crippen LogP contribution is 2.54. The molecule has 2 aromatic carbocycles. The van der Waals surface area contributed by atoms with Crippen molar-refractivity contribution < 1.29 is 39.5 Å². The molecule has 1 aliphatic carbocycles. The number of carbonyl (C=O) groups is 2. The molecule has 1 unspecified atom stereocenters. The van der Waals surface area contributed by atoms with Crippen LogP contribution in [0.5, 0.6) is 0 Å². The fourth-order valence-corrected chi connectivity index (χ4v) is 4.97. The maximum absolute atomic E-state index is 12.2. The molecule has 222 valence electrons. The van der Waals surface area contributed by atoms with Crippen molar-refractivity contribution in [3.63, 3.8) is 0 Å². The van der Waals surface area contributed by atoms with Crippen molar-refractivity contribution in [1.29, 1.82) is 5.26 Å². The summed E-state index contributed by atoms with van der Waals surface area (Å²) >= 11 is 0. The first-order valence-electron chi connectivity index (χ1n) is 13.2. The van der Waals surface area contributed by atoms with Crippen molar-refractivity contribution in [2.45, 2.75) is 55.5 Å². The van der Waals surface area contributed by atoms with Crippen LogP contribution in [0.25, 0.3) is 0 Å². The third-order valence-corrected chi connectivity index (χ3v) is 7.50. The van der Waals surface area contributed by atoms with Gasteiger partial charge in [-0.2, -0.15) is 5.26 Å². The molecule has 43 heavy (non-hydrogen) atoms. The summed E-state index contributed by atoms with van der Waals surface area (Å²) in [6.45, 7) is 2.12. The minimum atomic E-state index is -2.79. The van der Waals surface area contributed by atoms with Crippen molar-refractivity contribution in [3.05, 3.63) is 89.4 Å². The number of nitrogens with one attached hydrogen (secondary N) is 2. The number of carboxylic acid groups (broad SMARTS) is 2. The van der Waals surface area contributed by atoms with Crippen LogP contribution in [-0.4, -0.2) is 83.2 Å². The zero-order valence-corrected chi connectivity index (χ0v) is 22.8. The van der Waals surface area contributed by atoms with Crippen molar-refractivity contribution >= 4 is 23.6 Å². The van der Waals surface area contributed by atoms with Gasteiger partial charge in [0.25, 0.3) is 5.60 Å². The van der Waals surface area contributed by atoms with Gasteiger partial charge in [0.05, 0.1) is 11.6 Å². The summed E-state index contributed by atoms with van der Waals surface area (Å²) in [5.74, 6) is -2.87. The first-order chi connectivity index (χ1) is 20.6. The molecule has 0 spiro atoms. The van der Waals surface area contributed by atoms with E-state index in [1.165, 1.54) is 36.8 Å². The van der Waals surface area contributed by atoms with E-state index in [9.17, 15) is 30.0 Å². The average Bonchev–Trinajstić information content (AvgIpc) is 3.47. The van der Waals surface area contributed by atoms with E-state index < -0.39 is 54.0 Å². The van der Waals surface area contributed by atoms with Crippen LogP contribution in [0.4, 0.5) is 11.6 Å². The van der Waals surface area contributed by atoms with Gasteiger partial charge in [0.15, 0.2) is 17.2 Å². The summed E-state index contributed by atoms with van der Waals surface area (Å²) in [5, 5.41) is 64.9. The Balaban J connectivity index is 1.26. The lowest BCUT2D eigenvalue weighted by Crippen LogP contribution is -2.53. The number of nitriles is 1. The Labute approximate surface area is 245 Å². The maximum atomic E-state index is 12.2. The molecule has 2 heterocycles. The molecule has 1 saturated carbocycles. The molecule has 2 aliphatic rings. The lowest BCUT2D eigenvalue weighted by Gasteiger charge is -2.29. The number of ether oxygens (including phenoxy) is 2. The molecular formula is C29H28N6O8. The molecule has 1 aliphatic heterocycles. The van der Waals surface area contributed by atoms with Gasteiger partial charge in [-0.15, -0.1) is 10.2 Å². The number of carboxylic acids is 2. The van der Waals surface area contributed by atoms with E-state index in [2.05, 4.69) is 25.8 Å². The number of fused-ring (bicyclic) bond motifs is 1. The summed E-state index contributed by atoms with van der Waals surface area (Å²) in [6, 6.07) is 17.3. The van der Waals surface area contributed by atoms with Gasteiger partial charge in [-0.3, -0.25) is 0 Å². The van der Waals surface area contributed by atoms with Crippen LogP contribution in [0, 0.1) is 11.3 Å². The predicted molar refractivity (Wildman–Crippen MR) is 148 cm³/mol. The van der Waals surface area contributed by atoms with Crippen LogP contribution in [0.3, 0.4) is 0 Å². The Bertz CT molecular complexity index is 1560. The Kier molecular flexibility index (Phi) is 8.07. The molecule has 1 saturated heterocycles. The summed E-state index contributed by atoms with van der Waals surface area (Å²) in [4.78, 5) is 28.7. The van der Waals surface area contributed by atoms with Gasteiger partial charge in [0.2, 0.25) is 0 Å². The van der Waals surface area contributed by atoms with E-state index in [-0.39, 0.29) is 5.56 Å². The van der Waals surface area contributed by atoms with Crippen molar-refractivity contribution in [2.75, 3.05) is 10.6 Å². The number of nitrogens with zero attached hydrogens (tertiary/aromatic N) is 4. The molecular weight excluding hydrogens is 560 g/mol. The summed E-state index contributed by atoms with van der Waals surface area (Å²) in [7, 11) is 0. The zero-order chi connectivity index (χ0) is 30.8.